The summed E-state index contributed by atoms with van der Waals surface area (Å²) in [6.07, 6.45) is 0. The number of benzene rings is 1. The van der Waals surface area contributed by atoms with Crippen molar-refractivity contribution in [1.29, 1.82) is 0 Å². The first-order chi connectivity index (χ1) is 14.2. The van der Waals surface area contributed by atoms with Crippen molar-refractivity contribution in [2.75, 3.05) is 11.5 Å². The summed E-state index contributed by atoms with van der Waals surface area (Å²) in [5, 5.41) is 8.77. The average Bonchev–Trinajstić information content (AvgIpc) is 3.09. The fourth-order valence-corrected chi connectivity index (χ4v) is 3.97. The highest BCUT2D eigenvalue weighted by Gasteiger charge is 2.23. The molecule has 0 atom stereocenters. The van der Waals surface area contributed by atoms with Crippen molar-refractivity contribution in [3.05, 3.63) is 62.6 Å². The van der Waals surface area contributed by atoms with Gasteiger partial charge in [-0.05, 0) is 25.0 Å². The molecule has 0 radical (unpaired) electrons. The summed E-state index contributed by atoms with van der Waals surface area (Å²) >= 11 is 1.16. The third-order valence-electron chi connectivity index (χ3n) is 4.55. The van der Waals surface area contributed by atoms with Gasteiger partial charge in [0.15, 0.2) is 10.9 Å². The fraction of sp³-hybridized carbons (Fsp3) is 0.350. The fourth-order valence-electron chi connectivity index (χ4n) is 3.10. The molecular weight excluding hydrogens is 404 g/mol. The molecule has 0 bridgehead atoms. The Morgan fingerprint density at radius 3 is 2.47 bits per heavy atom. The third kappa shape index (κ3) is 4.09. The quantitative estimate of drug-likeness (QED) is 0.449. The van der Waals surface area contributed by atoms with Crippen molar-refractivity contribution in [2.45, 2.75) is 32.5 Å². The number of Topliss-reactive ketones (excluding diaryl/α,β-unsaturated/α-hetero) is 1. The number of nitrogens with two attached hydrogens (primary N) is 1. The van der Waals surface area contributed by atoms with Crippen molar-refractivity contribution < 1.29 is 4.79 Å². The minimum Gasteiger partial charge on any atom is -0.384 e. The molecule has 3 rings (SSSR count). The van der Waals surface area contributed by atoms with E-state index in [0.29, 0.717) is 17.5 Å². The number of para-hydroxylation sites is 1. The van der Waals surface area contributed by atoms with Gasteiger partial charge in [-0.25, -0.2) is 4.79 Å². The number of aryl methyl sites for hydroxylation is 1. The molecule has 9 nitrogen and oxygen atoms in total. The number of hydrogen-bond acceptors (Lipinski definition) is 7. The van der Waals surface area contributed by atoms with Crippen LogP contribution in [0.25, 0.3) is 5.69 Å². The van der Waals surface area contributed by atoms with Crippen LogP contribution in [0.15, 0.2) is 45.1 Å². The van der Waals surface area contributed by atoms with Crippen LogP contribution in [0.3, 0.4) is 0 Å². The van der Waals surface area contributed by atoms with Gasteiger partial charge in [-0.15, -0.1) is 10.2 Å². The highest BCUT2D eigenvalue weighted by atomic mass is 32.2. The number of hydrogen-bond donors (Lipinski definition) is 1. The molecule has 0 unspecified atom stereocenters. The van der Waals surface area contributed by atoms with E-state index >= 15 is 0 Å². The minimum atomic E-state index is -0.691. The summed E-state index contributed by atoms with van der Waals surface area (Å²) in [7, 11) is 1.35. The van der Waals surface area contributed by atoms with Gasteiger partial charge < -0.3 is 5.73 Å². The van der Waals surface area contributed by atoms with Crippen LogP contribution in [-0.4, -0.2) is 35.4 Å². The van der Waals surface area contributed by atoms with E-state index in [0.717, 1.165) is 22.0 Å². The smallest absolute Gasteiger partial charge is 0.332 e. The second kappa shape index (κ2) is 8.70. The van der Waals surface area contributed by atoms with E-state index in [9.17, 15) is 14.4 Å². The van der Waals surface area contributed by atoms with E-state index < -0.39 is 17.0 Å². The maximum atomic E-state index is 12.9. The van der Waals surface area contributed by atoms with E-state index in [2.05, 4.69) is 10.2 Å². The second-order valence-corrected chi connectivity index (χ2v) is 8.27. The van der Waals surface area contributed by atoms with Crippen LogP contribution in [0.2, 0.25) is 0 Å². The van der Waals surface area contributed by atoms with Crippen molar-refractivity contribution in [3.63, 3.8) is 0 Å². The Labute approximate surface area is 177 Å². The Morgan fingerprint density at radius 1 is 1.17 bits per heavy atom. The van der Waals surface area contributed by atoms with Crippen molar-refractivity contribution in [2.24, 2.45) is 13.0 Å². The summed E-state index contributed by atoms with van der Waals surface area (Å²) in [6.45, 7) is 5.98. The number of anilines is 1. The SMILES string of the molecule is Cc1nnc(SCC(=O)c2c(N)n(CC(C)C)c(=O)n(C)c2=O)n1-c1ccccc1. The van der Waals surface area contributed by atoms with Gasteiger partial charge in [0.25, 0.3) is 5.56 Å². The maximum absolute atomic E-state index is 12.9. The van der Waals surface area contributed by atoms with E-state index in [4.69, 9.17) is 5.73 Å². The lowest BCUT2D eigenvalue weighted by Gasteiger charge is -2.16. The molecule has 1 aromatic carbocycles. The Balaban J connectivity index is 1.93. The van der Waals surface area contributed by atoms with Crippen LogP contribution in [0.1, 0.15) is 30.0 Å². The van der Waals surface area contributed by atoms with E-state index in [1.165, 1.54) is 11.6 Å². The lowest BCUT2D eigenvalue weighted by molar-refractivity contribution is 0.102. The average molecular weight is 429 g/mol. The van der Waals surface area contributed by atoms with E-state index in [-0.39, 0.29) is 23.1 Å². The maximum Gasteiger partial charge on any atom is 0.332 e. The van der Waals surface area contributed by atoms with Crippen molar-refractivity contribution in [3.8, 4) is 5.69 Å². The van der Waals surface area contributed by atoms with Crippen LogP contribution >= 0.6 is 11.8 Å². The Kier molecular flexibility index (Phi) is 6.25. The molecule has 0 fully saturated rings. The second-order valence-electron chi connectivity index (χ2n) is 7.32. The topological polar surface area (TPSA) is 118 Å². The molecule has 2 aromatic heterocycles. The number of nitrogen functional groups attached to an aromatic ring is 1. The predicted molar refractivity (Wildman–Crippen MR) is 116 cm³/mol. The summed E-state index contributed by atoms with van der Waals surface area (Å²) in [4.78, 5) is 37.9. The van der Waals surface area contributed by atoms with Gasteiger partial charge in [0, 0.05) is 19.3 Å². The number of thioether (sulfide) groups is 1. The number of carbonyl (C=O) groups is 1. The lowest BCUT2D eigenvalue weighted by atomic mass is 10.2. The molecule has 0 aliphatic carbocycles. The summed E-state index contributed by atoms with van der Waals surface area (Å²) in [5.41, 5.74) is 5.56. The molecule has 0 aliphatic heterocycles. The first-order valence-electron chi connectivity index (χ1n) is 9.45. The molecule has 0 saturated heterocycles. The molecule has 0 amide bonds. The summed E-state index contributed by atoms with van der Waals surface area (Å²) in [5.74, 6) is 0.174. The molecular formula is C20H24N6O3S. The van der Waals surface area contributed by atoms with Gasteiger partial charge in [-0.2, -0.15) is 0 Å². The normalized spacial score (nSPS) is 11.2. The van der Waals surface area contributed by atoms with E-state index in [1.807, 2.05) is 55.7 Å². The number of ketones is 1. The van der Waals surface area contributed by atoms with Crippen LogP contribution in [-0.2, 0) is 13.6 Å². The molecule has 0 aliphatic rings. The molecule has 0 spiro atoms. The van der Waals surface area contributed by atoms with Crippen LogP contribution < -0.4 is 17.0 Å². The molecule has 30 heavy (non-hydrogen) atoms. The Bertz CT molecular complexity index is 1190. The standard InChI is InChI=1S/C20H24N6O3S/c1-12(2)10-25-17(21)16(18(28)24(4)20(25)29)15(27)11-30-19-23-22-13(3)26(19)14-8-6-5-7-9-14/h5-9,12H,10-11,21H2,1-4H3. The summed E-state index contributed by atoms with van der Waals surface area (Å²) < 4.78 is 4.03. The first-order valence-corrected chi connectivity index (χ1v) is 10.4. The number of nitrogens with zero attached hydrogens (tertiary/aromatic N) is 5. The third-order valence-corrected chi connectivity index (χ3v) is 5.48. The molecule has 2 heterocycles. The number of rotatable bonds is 7. The predicted octanol–water partition coefficient (Wildman–Crippen LogP) is 1.65. The number of aromatic nitrogens is 5. The van der Waals surface area contributed by atoms with Crippen LogP contribution in [0.5, 0.6) is 0 Å². The van der Waals surface area contributed by atoms with E-state index in [1.54, 1.807) is 0 Å². The van der Waals surface area contributed by atoms with Gasteiger partial charge in [-0.1, -0.05) is 43.8 Å². The zero-order valence-corrected chi connectivity index (χ0v) is 18.1. The zero-order valence-electron chi connectivity index (χ0n) is 17.3. The number of carbonyl (C=O) groups excluding carboxylic acids is 1. The minimum absolute atomic E-state index is 0.0652. The molecule has 0 saturated carbocycles. The summed E-state index contributed by atoms with van der Waals surface area (Å²) in [6, 6.07) is 9.53. The zero-order chi connectivity index (χ0) is 22.0. The van der Waals surface area contributed by atoms with Crippen LogP contribution in [0.4, 0.5) is 5.82 Å². The van der Waals surface area contributed by atoms with Gasteiger partial charge in [0.05, 0.1) is 5.75 Å². The monoisotopic (exact) mass is 428 g/mol. The highest BCUT2D eigenvalue weighted by Crippen LogP contribution is 2.23. The van der Waals surface area contributed by atoms with Crippen LogP contribution in [0, 0.1) is 12.8 Å². The van der Waals surface area contributed by atoms with Gasteiger partial charge in [-0.3, -0.25) is 23.3 Å². The molecule has 10 heteroatoms. The van der Waals surface area contributed by atoms with Gasteiger partial charge in [0.2, 0.25) is 0 Å². The van der Waals surface area contributed by atoms with Crippen molar-refractivity contribution >= 4 is 23.4 Å². The molecule has 3 aromatic rings. The molecule has 158 valence electrons. The van der Waals surface area contributed by atoms with Crippen molar-refractivity contribution in [1.82, 2.24) is 23.9 Å². The molecule has 2 N–H and O–H groups in total. The lowest BCUT2D eigenvalue weighted by Crippen LogP contribution is -2.43. The first kappa shape index (κ1) is 21.6. The largest absolute Gasteiger partial charge is 0.384 e. The van der Waals surface area contributed by atoms with Gasteiger partial charge in [0.1, 0.15) is 17.2 Å². The van der Waals surface area contributed by atoms with Gasteiger partial charge >= 0.3 is 5.69 Å². The highest BCUT2D eigenvalue weighted by molar-refractivity contribution is 7.99. The Morgan fingerprint density at radius 2 is 1.83 bits per heavy atom. The Hall–Kier alpha value is -3.14.